The van der Waals surface area contributed by atoms with Gasteiger partial charge < -0.3 is 13.9 Å². The van der Waals surface area contributed by atoms with Crippen LogP contribution in [0, 0.1) is 10.1 Å². The fourth-order valence-corrected chi connectivity index (χ4v) is 2.68. The minimum atomic E-state index is -0.532. The summed E-state index contributed by atoms with van der Waals surface area (Å²) in [5.74, 6) is 0. The van der Waals surface area contributed by atoms with Crippen LogP contribution in [0.4, 0.5) is 5.69 Å². The standard InChI is InChI=1S/C15H19BN2O4/c1-14(2)15(3,4)22-16(21-14)12-9-17(5)13-7-6-10(18(19)20)8-11(12)13/h6-9H,1-5H3. The summed E-state index contributed by atoms with van der Waals surface area (Å²) in [5, 5.41) is 11.8. The highest BCUT2D eigenvalue weighted by molar-refractivity contribution is 6.65. The minimum Gasteiger partial charge on any atom is -0.399 e. The quantitative estimate of drug-likeness (QED) is 0.485. The Morgan fingerprint density at radius 1 is 1.18 bits per heavy atom. The van der Waals surface area contributed by atoms with Crippen LogP contribution in [0.5, 0.6) is 0 Å². The van der Waals surface area contributed by atoms with E-state index >= 15 is 0 Å². The molecule has 2 aromatic rings. The maximum atomic E-state index is 11.0. The van der Waals surface area contributed by atoms with Crippen LogP contribution < -0.4 is 5.46 Å². The smallest absolute Gasteiger partial charge is 0.399 e. The number of benzene rings is 1. The number of aromatic nitrogens is 1. The molecule has 1 fully saturated rings. The molecule has 2 heterocycles. The first-order valence-electron chi connectivity index (χ1n) is 7.21. The molecule has 0 unspecified atom stereocenters. The maximum absolute atomic E-state index is 11.0. The van der Waals surface area contributed by atoms with Gasteiger partial charge >= 0.3 is 7.12 Å². The molecular formula is C15H19BN2O4. The topological polar surface area (TPSA) is 66.5 Å². The van der Waals surface area contributed by atoms with Crippen molar-refractivity contribution in [1.29, 1.82) is 0 Å². The fourth-order valence-electron chi connectivity index (χ4n) is 2.68. The Morgan fingerprint density at radius 3 is 2.32 bits per heavy atom. The maximum Gasteiger partial charge on any atom is 0.497 e. The van der Waals surface area contributed by atoms with Crippen molar-refractivity contribution >= 4 is 29.2 Å². The normalized spacial score (nSPS) is 19.8. The van der Waals surface area contributed by atoms with Crippen LogP contribution in [0.2, 0.25) is 0 Å². The zero-order valence-electron chi connectivity index (χ0n) is 13.4. The molecule has 0 radical (unpaired) electrons. The van der Waals surface area contributed by atoms with Crippen LogP contribution in [0.25, 0.3) is 10.9 Å². The second-order valence-electron chi connectivity index (χ2n) is 6.74. The number of non-ortho nitro benzene ring substituents is 1. The van der Waals surface area contributed by atoms with Crippen LogP contribution in [-0.4, -0.2) is 27.8 Å². The third-order valence-electron chi connectivity index (χ3n) is 4.72. The minimum absolute atomic E-state index is 0.0662. The monoisotopic (exact) mass is 302 g/mol. The van der Waals surface area contributed by atoms with Gasteiger partial charge in [-0.05, 0) is 33.8 Å². The van der Waals surface area contributed by atoms with Crippen LogP contribution in [0.3, 0.4) is 0 Å². The Kier molecular flexibility index (Phi) is 3.13. The Labute approximate surface area is 129 Å². The van der Waals surface area contributed by atoms with Gasteiger partial charge in [-0.3, -0.25) is 10.1 Å². The van der Waals surface area contributed by atoms with E-state index in [0.717, 1.165) is 16.4 Å². The Bertz CT molecular complexity index is 750. The lowest BCUT2D eigenvalue weighted by Gasteiger charge is -2.32. The summed E-state index contributed by atoms with van der Waals surface area (Å²) < 4.78 is 14.1. The number of hydrogen-bond donors (Lipinski definition) is 0. The average Bonchev–Trinajstić information content (AvgIpc) is 2.84. The van der Waals surface area contributed by atoms with E-state index in [9.17, 15) is 10.1 Å². The Hall–Kier alpha value is -1.86. The molecule has 1 aliphatic heterocycles. The van der Waals surface area contributed by atoms with E-state index in [1.165, 1.54) is 6.07 Å². The van der Waals surface area contributed by atoms with E-state index in [4.69, 9.17) is 9.31 Å². The summed E-state index contributed by atoms with van der Waals surface area (Å²) in [6.07, 6.45) is 1.91. The number of rotatable bonds is 2. The van der Waals surface area contributed by atoms with E-state index in [1.807, 2.05) is 45.5 Å². The molecule has 0 N–H and O–H groups in total. The third kappa shape index (κ3) is 2.12. The summed E-state index contributed by atoms with van der Waals surface area (Å²) in [5.41, 5.74) is 0.910. The molecule has 116 valence electrons. The van der Waals surface area contributed by atoms with Gasteiger partial charge in [0.05, 0.1) is 16.1 Å². The number of hydrogen-bond acceptors (Lipinski definition) is 4. The average molecular weight is 302 g/mol. The van der Waals surface area contributed by atoms with Crippen molar-refractivity contribution in [2.24, 2.45) is 7.05 Å². The van der Waals surface area contributed by atoms with Gasteiger partial charge in [0.15, 0.2) is 0 Å². The van der Waals surface area contributed by atoms with Crippen molar-refractivity contribution in [3.05, 3.63) is 34.5 Å². The van der Waals surface area contributed by atoms with Gasteiger partial charge in [-0.25, -0.2) is 0 Å². The molecule has 3 rings (SSSR count). The zero-order chi connectivity index (χ0) is 16.3. The molecule has 22 heavy (non-hydrogen) atoms. The molecule has 1 aliphatic rings. The van der Waals surface area contributed by atoms with Gasteiger partial charge in [-0.15, -0.1) is 0 Å². The zero-order valence-corrected chi connectivity index (χ0v) is 13.4. The van der Waals surface area contributed by atoms with Gasteiger partial charge in [0.1, 0.15) is 0 Å². The van der Waals surface area contributed by atoms with Crippen molar-refractivity contribution in [2.75, 3.05) is 0 Å². The van der Waals surface area contributed by atoms with E-state index < -0.39 is 18.3 Å². The molecule has 0 spiro atoms. The van der Waals surface area contributed by atoms with E-state index in [0.29, 0.717) is 0 Å². The number of nitro benzene ring substituents is 1. The first-order chi connectivity index (χ1) is 10.1. The van der Waals surface area contributed by atoms with E-state index in [-0.39, 0.29) is 10.6 Å². The predicted octanol–water partition coefficient (Wildman–Crippen LogP) is 2.39. The molecule has 1 saturated heterocycles. The molecule has 0 bridgehead atoms. The van der Waals surface area contributed by atoms with E-state index in [1.54, 1.807) is 12.1 Å². The van der Waals surface area contributed by atoms with Gasteiger partial charge in [-0.1, -0.05) is 0 Å². The molecule has 0 saturated carbocycles. The van der Waals surface area contributed by atoms with Gasteiger partial charge in [-0.2, -0.15) is 0 Å². The number of fused-ring (bicyclic) bond motifs is 1. The molecule has 1 aromatic carbocycles. The molecule has 1 aromatic heterocycles. The number of nitrogens with zero attached hydrogens (tertiary/aromatic N) is 2. The first kappa shape index (κ1) is 15.1. The number of nitro groups is 1. The van der Waals surface area contributed by atoms with Gasteiger partial charge in [0.2, 0.25) is 0 Å². The molecule has 0 aliphatic carbocycles. The number of aryl methyl sites for hydroxylation is 1. The van der Waals surface area contributed by atoms with Crippen LogP contribution in [0.1, 0.15) is 27.7 Å². The second-order valence-corrected chi connectivity index (χ2v) is 6.74. The molecular weight excluding hydrogens is 283 g/mol. The Morgan fingerprint density at radius 2 is 1.77 bits per heavy atom. The predicted molar refractivity (Wildman–Crippen MR) is 85.3 cm³/mol. The summed E-state index contributed by atoms with van der Waals surface area (Å²) >= 11 is 0. The fraction of sp³-hybridized carbons (Fsp3) is 0.467. The molecule has 7 heteroatoms. The van der Waals surface area contributed by atoms with Gasteiger partial charge in [0, 0.05) is 41.7 Å². The van der Waals surface area contributed by atoms with Crippen LogP contribution in [-0.2, 0) is 16.4 Å². The Balaban J connectivity index is 2.12. The van der Waals surface area contributed by atoms with Crippen molar-refractivity contribution in [3.63, 3.8) is 0 Å². The van der Waals surface area contributed by atoms with Crippen molar-refractivity contribution in [3.8, 4) is 0 Å². The lowest BCUT2D eigenvalue weighted by Crippen LogP contribution is -2.41. The SMILES string of the molecule is Cn1cc(B2OC(C)(C)C(C)(C)O2)c2cc([N+](=O)[O-])ccc21. The van der Waals surface area contributed by atoms with Crippen molar-refractivity contribution in [1.82, 2.24) is 4.57 Å². The van der Waals surface area contributed by atoms with E-state index in [2.05, 4.69) is 0 Å². The summed E-state index contributed by atoms with van der Waals surface area (Å²) in [6.45, 7) is 7.95. The lowest BCUT2D eigenvalue weighted by molar-refractivity contribution is -0.384. The summed E-state index contributed by atoms with van der Waals surface area (Å²) in [7, 11) is 1.37. The first-order valence-corrected chi connectivity index (χ1v) is 7.21. The van der Waals surface area contributed by atoms with Crippen LogP contribution >= 0.6 is 0 Å². The molecule has 6 nitrogen and oxygen atoms in total. The highest BCUT2D eigenvalue weighted by Crippen LogP contribution is 2.37. The molecule has 0 amide bonds. The second kappa shape index (κ2) is 4.57. The molecule has 0 atom stereocenters. The lowest BCUT2D eigenvalue weighted by atomic mass is 9.79. The third-order valence-corrected chi connectivity index (χ3v) is 4.72. The highest BCUT2D eigenvalue weighted by Gasteiger charge is 2.52. The van der Waals surface area contributed by atoms with Crippen LogP contribution in [0.15, 0.2) is 24.4 Å². The van der Waals surface area contributed by atoms with Crippen molar-refractivity contribution in [2.45, 2.75) is 38.9 Å². The highest BCUT2D eigenvalue weighted by atomic mass is 16.7. The largest absolute Gasteiger partial charge is 0.497 e. The van der Waals surface area contributed by atoms with Gasteiger partial charge in [0.25, 0.3) is 5.69 Å². The summed E-state index contributed by atoms with van der Waals surface area (Å²) in [4.78, 5) is 10.6. The summed E-state index contributed by atoms with van der Waals surface area (Å²) in [6, 6.07) is 4.84. The van der Waals surface area contributed by atoms with Crippen molar-refractivity contribution < 1.29 is 14.2 Å².